The number of benzene rings is 1. The molecule has 1 fully saturated rings. The Kier molecular flexibility index (Phi) is 4.59. The fourth-order valence-corrected chi connectivity index (χ4v) is 2.46. The maximum absolute atomic E-state index is 12.2. The molecule has 1 aliphatic carbocycles. The van der Waals surface area contributed by atoms with Gasteiger partial charge in [0.1, 0.15) is 0 Å². The Hall–Kier alpha value is -1.52. The molecule has 2 nitrogen and oxygen atoms in total. The second-order valence-electron chi connectivity index (χ2n) is 5.94. The smallest absolute Gasteiger partial charge is 0.342 e. The van der Waals surface area contributed by atoms with E-state index in [1.54, 1.807) is 19.1 Å². The van der Waals surface area contributed by atoms with Crippen molar-refractivity contribution in [3.8, 4) is 0 Å². The van der Waals surface area contributed by atoms with Crippen molar-refractivity contribution in [1.29, 1.82) is 0 Å². The molecule has 1 aromatic carbocycles. The minimum atomic E-state index is -4.84. The first-order valence-electron chi connectivity index (χ1n) is 7.25. The van der Waals surface area contributed by atoms with Gasteiger partial charge in [-0.25, -0.2) is 0 Å². The van der Waals surface area contributed by atoms with Crippen LogP contribution >= 0.6 is 0 Å². The van der Waals surface area contributed by atoms with E-state index in [9.17, 15) is 18.0 Å². The average Bonchev–Trinajstić information content (AvgIpc) is 3.21. The third-order valence-corrected chi connectivity index (χ3v) is 3.99. The molecular weight excluding hydrogens is 279 g/mol. The van der Waals surface area contributed by atoms with E-state index in [2.05, 4.69) is 6.92 Å². The third kappa shape index (κ3) is 4.48. The van der Waals surface area contributed by atoms with E-state index in [0.29, 0.717) is 11.5 Å². The Morgan fingerprint density at radius 1 is 1.19 bits per heavy atom. The molecule has 1 aromatic rings. The van der Waals surface area contributed by atoms with Crippen molar-refractivity contribution in [3.63, 3.8) is 0 Å². The molecule has 1 aliphatic rings. The minimum absolute atomic E-state index is 0.464. The van der Waals surface area contributed by atoms with Crippen LogP contribution in [-0.4, -0.2) is 12.1 Å². The van der Waals surface area contributed by atoms with Gasteiger partial charge in [-0.05, 0) is 36.3 Å². The lowest BCUT2D eigenvalue weighted by Gasteiger charge is -2.17. The van der Waals surface area contributed by atoms with Crippen molar-refractivity contribution in [2.75, 3.05) is 0 Å². The molecule has 0 heterocycles. The van der Waals surface area contributed by atoms with Gasteiger partial charge in [-0.1, -0.05) is 44.0 Å². The Morgan fingerprint density at radius 3 is 2.19 bits per heavy atom. The van der Waals surface area contributed by atoms with E-state index in [1.165, 1.54) is 24.8 Å². The molecule has 0 spiro atoms. The van der Waals surface area contributed by atoms with E-state index in [1.807, 2.05) is 17.4 Å². The summed E-state index contributed by atoms with van der Waals surface area (Å²) in [7, 11) is 0. The fraction of sp³-hybridized carbons (Fsp3) is 0.562. The summed E-state index contributed by atoms with van der Waals surface area (Å²) in [5.74, 6) is -0.600. The summed E-state index contributed by atoms with van der Waals surface area (Å²) < 4.78 is 36.6. The van der Waals surface area contributed by atoms with Gasteiger partial charge in [0.25, 0.3) is 0 Å². The topological polar surface area (TPSA) is 29.1 Å². The highest BCUT2D eigenvalue weighted by Crippen LogP contribution is 2.38. The van der Waals surface area contributed by atoms with Crippen LogP contribution in [0.15, 0.2) is 24.3 Å². The lowest BCUT2D eigenvalue weighted by atomic mass is 9.94. The number of nitrogens with one attached hydrogen (secondary N) is 1. The Morgan fingerprint density at radius 2 is 1.71 bits per heavy atom. The van der Waals surface area contributed by atoms with Crippen molar-refractivity contribution >= 4 is 5.91 Å². The van der Waals surface area contributed by atoms with Gasteiger partial charge >= 0.3 is 12.1 Å². The molecule has 1 amide bonds. The molecule has 0 saturated heterocycles. The maximum Gasteiger partial charge on any atom is 0.471 e. The maximum atomic E-state index is 12.2. The number of carbonyl (C=O) groups excluding carboxylic acids is 1. The highest BCUT2D eigenvalue weighted by Gasteiger charge is 2.39. The number of hydrogen-bond acceptors (Lipinski definition) is 1. The van der Waals surface area contributed by atoms with Crippen LogP contribution in [0.1, 0.15) is 56.2 Å². The molecule has 116 valence electrons. The lowest BCUT2D eigenvalue weighted by molar-refractivity contribution is -0.174. The highest BCUT2D eigenvalue weighted by atomic mass is 19.4. The van der Waals surface area contributed by atoms with Gasteiger partial charge in [-0.3, -0.25) is 4.79 Å². The molecule has 21 heavy (non-hydrogen) atoms. The summed E-state index contributed by atoms with van der Waals surface area (Å²) in [6.07, 6.45) is -1.06. The zero-order valence-electron chi connectivity index (χ0n) is 12.2. The molecule has 0 aliphatic heterocycles. The van der Waals surface area contributed by atoms with Gasteiger partial charge in [0.2, 0.25) is 0 Å². The van der Waals surface area contributed by atoms with Crippen molar-refractivity contribution in [2.45, 2.75) is 51.2 Å². The Balaban J connectivity index is 1.95. The second-order valence-corrected chi connectivity index (χ2v) is 5.94. The van der Waals surface area contributed by atoms with Crippen LogP contribution in [-0.2, 0) is 4.79 Å². The third-order valence-electron chi connectivity index (χ3n) is 3.99. The fourth-order valence-electron chi connectivity index (χ4n) is 2.46. The summed E-state index contributed by atoms with van der Waals surface area (Å²) >= 11 is 0. The molecule has 0 bridgehead atoms. The van der Waals surface area contributed by atoms with Crippen molar-refractivity contribution in [2.24, 2.45) is 5.92 Å². The van der Waals surface area contributed by atoms with Crippen LogP contribution in [0.2, 0.25) is 0 Å². The monoisotopic (exact) mass is 299 g/mol. The summed E-state index contributed by atoms with van der Waals surface area (Å²) in [5.41, 5.74) is 1.87. The predicted octanol–water partition coefficient (Wildman–Crippen LogP) is 4.33. The van der Waals surface area contributed by atoms with Gasteiger partial charge < -0.3 is 5.32 Å². The summed E-state index contributed by atoms with van der Waals surface area (Å²) in [6.45, 7) is 3.72. The molecule has 2 rings (SSSR count). The largest absolute Gasteiger partial charge is 0.471 e. The second kappa shape index (κ2) is 6.08. The summed E-state index contributed by atoms with van der Waals surface area (Å²) in [6, 6.07) is 6.81. The van der Waals surface area contributed by atoms with E-state index in [0.717, 1.165) is 5.92 Å². The van der Waals surface area contributed by atoms with Crippen molar-refractivity contribution in [1.82, 2.24) is 5.32 Å². The van der Waals surface area contributed by atoms with Crippen LogP contribution in [0.4, 0.5) is 13.2 Å². The molecule has 1 N–H and O–H groups in total. The summed E-state index contributed by atoms with van der Waals surface area (Å²) in [5, 5.41) is 1.96. The zero-order valence-corrected chi connectivity index (χ0v) is 12.2. The van der Waals surface area contributed by atoms with Crippen LogP contribution in [0.5, 0.6) is 0 Å². The van der Waals surface area contributed by atoms with Crippen molar-refractivity contribution < 1.29 is 18.0 Å². The molecule has 0 radical (unpaired) electrons. The van der Waals surface area contributed by atoms with E-state index < -0.39 is 18.1 Å². The quantitative estimate of drug-likeness (QED) is 0.861. The number of amides is 1. The molecular formula is C16H20F3NO. The molecule has 5 heteroatoms. The van der Waals surface area contributed by atoms with E-state index in [-0.39, 0.29) is 0 Å². The normalized spacial score (nSPS) is 18.1. The lowest BCUT2D eigenvalue weighted by Crippen LogP contribution is -2.38. The van der Waals surface area contributed by atoms with Crippen molar-refractivity contribution in [3.05, 3.63) is 35.4 Å². The van der Waals surface area contributed by atoms with Crippen LogP contribution in [0.25, 0.3) is 0 Å². The molecule has 0 aromatic heterocycles. The Bertz CT molecular complexity index is 491. The number of alkyl halides is 3. The highest BCUT2D eigenvalue weighted by molar-refractivity contribution is 5.82. The number of hydrogen-bond donors (Lipinski definition) is 1. The summed E-state index contributed by atoms with van der Waals surface area (Å²) in [4.78, 5) is 10.9. The first-order chi connectivity index (χ1) is 9.77. The van der Waals surface area contributed by atoms with E-state index >= 15 is 0 Å². The van der Waals surface area contributed by atoms with Gasteiger partial charge in [-0.2, -0.15) is 13.2 Å². The van der Waals surface area contributed by atoms with Crippen LogP contribution in [0.3, 0.4) is 0 Å². The predicted molar refractivity (Wildman–Crippen MR) is 74.8 cm³/mol. The SMILES string of the molecule is CC(CC1CC1)c1ccc([C@H](C)NC(=O)C(F)(F)F)cc1. The van der Waals surface area contributed by atoms with Gasteiger partial charge in [0, 0.05) is 0 Å². The van der Waals surface area contributed by atoms with Crippen LogP contribution in [0, 0.1) is 5.92 Å². The van der Waals surface area contributed by atoms with Gasteiger partial charge in [-0.15, -0.1) is 0 Å². The van der Waals surface area contributed by atoms with Gasteiger partial charge in [0.15, 0.2) is 0 Å². The first-order valence-corrected chi connectivity index (χ1v) is 7.25. The number of rotatable bonds is 5. The molecule has 2 atom stereocenters. The number of carbonyl (C=O) groups is 1. The Labute approximate surface area is 122 Å². The van der Waals surface area contributed by atoms with E-state index in [4.69, 9.17) is 0 Å². The zero-order chi connectivity index (χ0) is 15.6. The average molecular weight is 299 g/mol. The van der Waals surface area contributed by atoms with Crippen LogP contribution < -0.4 is 5.32 Å². The van der Waals surface area contributed by atoms with Gasteiger partial charge in [0.05, 0.1) is 6.04 Å². The molecule has 1 unspecified atom stereocenters. The first kappa shape index (κ1) is 15.9. The molecule has 1 saturated carbocycles. The number of halogens is 3. The minimum Gasteiger partial charge on any atom is -0.342 e. The standard InChI is InChI=1S/C16H20F3NO/c1-10(9-12-3-4-12)13-5-7-14(8-6-13)11(2)20-15(21)16(17,18)19/h5-8,10-12H,3-4,9H2,1-2H3,(H,20,21)/t10?,11-/m0/s1.